The summed E-state index contributed by atoms with van der Waals surface area (Å²) in [6.45, 7) is 13.1. The molecule has 2 aliphatic rings. The number of carbonyl (C=O) groups excluding carboxylic acids is 1. The predicted octanol–water partition coefficient (Wildman–Crippen LogP) is 6.77. The van der Waals surface area contributed by atoms with Gasteiger partial charge in [-0.2, -0.15) is 10.2 Å². The van der Waals surface area contributed by atoms with Gasteiger partial charge in [0.15, 0.2) is 11.5 Å². The topological polar surface area (TPSA) is 121 Å². The quantitative estimate of drug-likeness (QED) is 0.0925. The largest absolute Gasteiger partial charge is 0.478 e. The normalized spacial score (nSPS) is 15.0. The highest BCUT2D eigenvalue weighted by Crippen LogP contribution is 2.32. The molecule has 2 saturated heterocycles. The Morgan fingerprint density at radius 3 is 1.51 bits per heavy atom. The van der Waals surface area contributed by atoms with E-state index in [1.807, 2.05) is 0 Å². The second kappa shape index (κ2) is 19.7. The molecule has 6 heterocycles. The fourth-order valence-corrected chi connectivity index (χ4v) is 8.92. The molecule has 0 unspecified atom stereocenters. The van der Waals surface area contributed by atoms with Gasteiger partial charge in [0.05, 0.1) is 13.2 Å². The Morgan fingerprint density at radius 1 is 0.667 bits per heavy atom. The first-order valence-electron chi connectivity index (χ1n) is 19.2. The van der Waals surface area contributed by atoms with Crippen LogP contribution in [0.3, 0.4) is 0 Å². The molecule has 16 heteroatoms. The van der Waals surface area contributed by atoms with Gasteiger partial charge in [-0.05, 0) is 60.0 Å². The third kappa shape index (κ3) is 10.4. The van der Waals surface area contributed by atoms with Gasteiger partial charge in [-0.15, -0.1) is 35.1 Å². The lowest BCUT2D eigenvalue weighted by Gasteiger charge is -2.36. The summed E-state index contributed by atoms with van der Waals surface area (Å²) in [6, 6.07) is 20.8. The van der Waals surface area contributed by atoms with E-state index in [0.29, 0.717) is 30.7 Å². The summed E-state index contributed by atoms with van der Waals surface area (Å²) < 4.78 is 17.3. The molecule has 0 bridgehead atoms. The number of ketones is 1. The highest BCUT2D eigenvalue weighted by Gasteiger charge is 2.21. The maximum absolute atomic E-state index is 11.4. The average molecular weight is 835 g/mol. The Kier molecular flexibility index (Phi) is 14.5. The highest BCUT2D eigenvalue weighted by atomic mass is 35.5. The van der Waals surface area contributed by atoms with E-state index < -0.39 is 5.97 Å². The Morgan fingerprint density at radius 2 is 1.11 bits per heavy atom. The summed E-state index contributed by atoms with van der Waals surface area (Å²) >= 11 is 3.60. The minimum atomic E-state index is -1.04. The number of piperazine rings is 2. The van der Waals surface area contributed by atoms with Crippen molar-refractivity contribution in [2.24, 2.45) is 14.1 Å². The van der Waals surface area contributed by atoms with E-state index >= 15 is 0 Å². The second-order valence-corrected chi connectivity index (χ2v) is 16.0. The molecule has 0 saturated carbocycles. The van der Waals surface area contributed by atoms with Gasteiger partial charge in [-0.1, -0.05) is 12.1 Å². The number of carboxylic acid groups (broad SMARTS) is 1. The summed E-state index contributed by atoms with van der Waals surface area (Å²) in [5.41, 5.74) is 3.16. The molecule has 1 N–H and O–H groups in total. The van der Waals surface area contributed by atoms with Gasteiger partial charge in [0.1, 0.15) is 5.69 Å². The van der Waals surface area contributed by atoms with Crippen LogP contribution in [0.1, 0.15) is 40.7 Å². The van der Waals surface area contributed by atoms with Crippen LogP contribution in [0.25, 0.3) is 20.2 Å². The Labute approximate surface area is 347 Å². The van der Waals surface area contributed by atoms with Gasteiger partial charge in [0, 0.05) is 130 Å². The van der Waals surface area contributed by atoms with E-state index in [0.717, 1.165) is 78.3 Å². The molecule has 2 fully saturated rings. The van der Waals surface area contributed by atoms with Crippen LogP contribution < -0.4 is 19.3 Å². The molecular weight excluding hydrogens is 784 g/mol. The highest BCUT2D eigenvalue weighted by molar-refractivity contribution is 7.17. The number of ether oxygens (including phenoxy) is 2. The van der Waals surface area contributed by atoms with Crippen molar-refractivity contribution < 1.29 is 24.2 Å². The van der Waals surface area contributed by atoms with E-state index in [1.54, 1.807) is 47.5 Å². The first-order chi connectivity index (χ1) is 27.2. The SMILES string of the molecule is CC(=O)c1cc(OCCCN2CCN(c3cccc4sccc34)CC2)n(C)n1.Cl.Cn1nc(C(=O)O)cc1OCCCN1CCN(c2cccc3sccc23)CC1. The molecule has 2 aromatic carbocycles. The van der Waals surface area contributed by atoms with Gasteiger partial charge in [0.25, 0.3) is 0 Å². The van der Waals surface area contributed by atoms with E-state index in [-0.39, 0.29) is 23.9 Å². The van der Waals surface area contributed by atoms with Crippen molar-refractivity contribution in [1.29, 1.82) is 0 Å². The molecule has 4 aromatic heterocycles. The number of nitrogens with zero attached hydrogens (tertiary/aromatic N) is 8. The number of fused-ring (bicyclic) bond motifs is 2. The first kappa shape index (κ1) is 41.9. The van der Waals surface area contributed by atoms with Crippen molar-refractivity contribution in [1.82, 2.24) is 29.4 Å². The summed E-state index contributed by atoms with van der Waals surface area (Å²) in [7, 11) is 3.49. The number of hydrogen-bond acceptors (Lipinski definition) is 12. The number of benzene rings is 2. The lowest BCUT2D eigenvalue weighted by atomic mass is 10.2. The van der Waals surface area contributed by atoms with E-state index in [2.05, 4.69) is 89.1 Å². The summed E-state index contributed by atoms with van der Waals surface area (Å²) in [5, 5.41) is 24.1. The molecular formula is C41H51ClN8O5S2. The van der Waals surface area contributed by atoms with Crippen LogP contribution in [0, 0.1) is 0 Å². The fourth-order valence-electron chi connectivity index (χ4n) is 7.31. The van der Waals surface area contributed by atoms with E-state index in [1.165, 1.54) is 49.2 Å². The van der Waals surface area contributed by atoms with Crippen LogP contribution in [0.5, 0.6) is 11.8 Å². The Balaban J connectivity index is 0.000000189. The Bertz CT molecular complexity index is 2080. The Hall–Kier alpha value is -4.67. The first-order valence-corrected chi connectivity index (χ1v) is 20.9. The van der Waals surface area contributed by atoms with Crippen LogP contribution in [0.4, 0.5) is 11.4 Å². The second-order valence-electron chi connectivity index (χ2n) is 14.1. The number of thiophene rings is 2. The maximum atomic E-state index is 11.4. The summed E-state index contributed by atoms with van der Waals surface area (Å²) in [6.07, 6.45) is 1.86. The summed E-state index contributed by atoms with van der Waals surface area (Å²) in [4.78, 5) is 32.3. The van der Waals surface area contributed by atoms with Crippen molar-refractivity contribution >= 4 is 78.4 Å². The number of anilines is 2. The molecule has 13 nitrogen and oxygen atoms in total. The van der Waals surface area contributed by atoms with Gasteiger partial charge >= 0.3 is 5.97 Å². The van der Waals surface area contributed by atoms with Crippen LogP contribution in [0.15, 0.2) is 71.4 Å². The van der Waals surface area contributed by atoms with Gasteiger partial charge in [-0.25, -0.2) is 14.2 Å². The number of hydrogen-bond donors (Lipinski definition) is 1. The predicted molar refractivity (Wildman–Crippen MR) is 232 cm³/mol. The standard InChI is InChI=1S/C21H26N4O2S.C20H24N4O3S.ClH/c1-16(26)18-15-21(23(2)22-18)27-13-4-8-24-9-11-25(12-10-24)19-5-3-6-20-17(19)7-14-28-20;1-22-19(14-16(21-22)20(25)26)27-12-3-7-23-8-10-24(11-9-23)17-4-2-5-18-15(17)6-13-28-18;/h3,5-7,14-15H,4,8-13H2,1-2H3;2,4-6,13-14H,3,7-12H2,1H3,(H,25,26);1H. The zero-order chi connectivity index (χ0) is 39.0. The number of halogens is 1. The molecule has 0 aliphatic carbocycles. The van der Waals surface area contributed by atoms with E-state index in [4.69, 9.17) is 14.6 Å². The van der Waals surface area contributed by atoms with Crippen molar-refractivity contribution in [2.45, 2.75) is 19.8 Å². The number of carbonyl (C=O) groups is 2. The monoisotopic (exact) mass is 834 g/mol. The van der Waals surface area contributed by atoms with Crippen molar-refractivity contribution in [3.8, 4) is 11.8 Å². The van der Waals surface area contributed by atoms with Crippen molar-refractivity contribution in [3.05, 3.63) is 82.8 Å². The number of aryl methyl sites for hydroxylation is 2. The van der Waals surface area contributed by atoms with Gasteiger partial charge in [-0.3, -0.25) is 14.6 Å². The fraction of sp³-hybridized carbons (Fsp3) is 0.415. The van der Waals surface area contributed by atoms with Crippen molar-refractivity contribution in [2.75, 3.05) is 88.5 Å². The molecule has 0 radical (unpaired) electrons. The molecule has 57 heavy (non-hydrogen) atoms. The molecule has 304 valence electrons. The zero-order valence-corrected chi connectivity index (χ0v) is 35.2. The molecule has 0 atom stereocenters. The van der Waals surface area contributed by atoms with Crippen LogP contribution in [-0.2, 0) is 14.1 Å². The minimum absolute atomic E-state index is 0. The van der Waals surface area contributed by atoms with E-state index in [9.17, 15) is 9.59 Å². The third-order valence-electron chi connectivity index (χ3n) is 10.4. The number of Topliss-reactive ketones (excluding diaryl/α,β-unsaturated/α-hetero) is 1. The molecule has 0 spiro atoms. The van der Waals surface area contributed by atoms with Gasteiger partial charge < -0.3 is 24.4 Å². The molecule has 2 aliphatic heterocycles. The number of carboxylic acids is 1. The van der Waals surface area contributed by atoms with Crippen molar-refractivity contribution in [3.63, 3.8) is 0 Å². The number of aromatic carboxylic acids is 1. The smallest absolute Gasteiger partial charge is 0.356 e. The van der Waals surface area contributed by atoms with Gasteiger partial charge in [0.2, 0.25) is 11.8 Å². The number of rotatable bonds is 14. The van der Waals surface area contributed by atoms with Crippen LogP contribution in [0.2, 0.25) is 0 Å². The summed E-state index contributed by atoms with van der Waals surface area (Å²) in [5.74, 6) is 0.0629. The van der Waals surface area contributed by atoms with Crippen LogP contribution >= 0.6 is 35.1 Å². The lowest BCUT2D eigenvalue weighted by molar-refractivity contribution is 0.0689. The number of aromatic nitrogens is 4. The lowest BCUT2D eigenvalue weighted by Crippen LogP contribution is -2.46. The van der Waals surface area contributed by atoms with Crippen LogP contribution in [-0.4, -0.2) is 125 Å². The maximum Gasteiger partial charge on any atom is 0.356 e. The third-order valence-corrected chi connectivity index (χ3v) is 12.1. The molecule has 0 amide bonds. The molecule has 8 rings (SSSR count). The molecule has 6 aromatic rings. The average Bonchev–Trinajstić information content (AvgIpc) is 4.03. The minimum Gasteiger partial charge on any atom is -0.478 e. The zero-order valence-electron chi connectivity index (χ0n) is 32.7.